The van der Waals surface area contributed by atoms with Gasteiger partial charge < -0.3 is 20.1 Å². The van der Waals surface area contributed by atoms with Crippen molar-refractivity contribution in [3.05, 3.63) is 11.8 Å². The molecule has 2 rings (SSSR count). The van der Waals surface area contributed by atoms with E-state index in [4.69, 9.17) is 4.74 Å². The number of ketones is 1. The topological polar surface area (TPSA) is 99.4 Å². The quantitative estimate of drug-likeness (QED) is 0.672. The molecule has 6 nitrogen and oxygen atoms in total. The number of ether oxygens (including phenoxy) is 1. The minimum Gasteiger partial charge on any atom is -0.394 e. The molecule has 130 valence electrons. The molecule has 0 bridgehead atoms. The summed E-state index contributed by atoms with van der Waals surface area (Å²) in [7, 11) is 0. The van der Waals surface area contributed by atoms with E-state index in [-0.39, 0.29) is 24.2 Å². The number of carbonyl (C=O) groups excluding carboxylic acids is 1. The molecule has 1 saturated heterocycles. The van der Waals surface area contributed by atoms with Gasteiger partial charge in [0.25, 0.3) is 0 Å². The zero-order valence-corrected chi connectivity index (χ0v) is 14.0. The summed E-state index contributed by atoms with van der Waals surface area (Å²) in [4.78, 5) is 16.4. The van der Waals surface area contributed by atoms with Gasteiger partial charge in [0.2, 0.25) is 0 Å². The number of hydrogen-bond donors (Lipinski definition) is 3. The highest BCUT2D eigenvalue weighted by molar-refractivity contribution is 6.02. The number of nitrogens with zero attached hydrogens (tertiary/aromatic N) is 1. The Kier molecular flexibility index (Phi) is 6.08. The third-order valence-corrected chi connectivity index (χ3v) is 4.51. The van der Waals surface area contributed by atoms with Crippen LogP contribution >= 0.6 is 0 Å². The molecule has 0 aromatic carbocycles. The van der Waals surface area contributed by atoms with Gasteiger partial charge in [-0.15, -0.1) is 0 Å². The van der Waals surface area contributed by atoms with Crippen LogP contribution in [0.2, 0.25) is 0 Å². The SMILES string of the molecule is CC(C)CC(=O)C1=CCC(CC2OC(CO)C(C)C(O)C2O)=N1. The predicted octanol–water partition coefficient (Wildman–Crippen LogP) is 0.838. The number of hydrogen-bond acceptors (Lipinski definition) is 6. The molecule has 0 amide bonds. The average molecular weight is 325 g/mol. The maximum Gasteiger partial charge on any atom is 0.181 e. The fourth-order valence-corrected chi connectivity index (χ4v) is 3.05. The highest BCUT2D eigenvalue weighted by Gasteiger charge is 2.42. The van der Waals surface area contributed by atoms with Gasteiger partial charge in [0, 0.05) is 30.9 Å². The third kappa shape index (κ3) is 4.26. The van der Waals surface area contributed by atoms with Gasteiger partial charge in [-0.1, -0.05) is 20.8 Å². The van der Waals surface area contributed by atoms with Crippen molar-refractivity contribution in [1.29, 1.82) is 0 Å². The number of Topliss-reactive ketones (excluding diaryl/α,β-unsaturated/α-hetero) is 1. The Morgan fingerprint density at radius 3 is 2.65 bits per heavy atom. The maximum absolute atomic E-state index is 12.0. The first kappa shape index (κ1) is 18.3. The lowest BCUT2D eigenvalue weighted by atomic mass is 9.86. The summed E-state index contributed by atoms with van der Waals surface area (Å²) in [5.74, 6) is -0.0202. The van der Waals surface area contributed by atoms with E-state index in [1.165, 1.54) is 0 Å². The van der Waals surface area contributed by atoms with Gasteiger partial charge in [-0.05, 0) is 12.0 Å². The van der Waals surface area contributed by atoms with Gasteiger partial charge in [-0.25, -0.2) is 0 Å². The lowest BCUT2D eigenvalue weighted by Gasteiger charge is -2.41. The number of carbonyl (C=O) groups is 1. The number of aliphatic imine (C=N–C) groups is 1. The van der Waals surface area contributed by atoms with Crippen molar-refractivity contribution in [2.45, 2.75) is 64.4 Å². The van der Waals surface area contributed by atoms with Crippen LogP contribution in [0.3, 0.4) is 0 Å². The normalized spacial score (nSPS) is 34.5. The van der Waals surface area contributed by atoms with Gasteiger partial charge in [0.05, 0.1) is 24.9 Å². The Bertz CT molecular complexity index is 497. The smallest absolute Gasteiger partial charge is 0.181 e. The molecule has 5 atom stereocenters. The van der Waals surface area contributed by atoms with Gasteiger partial charge in [0.1, 0.15) is 11.8 Å². The molecule has 5 unspecified atom stereocenters. The molecule has 3 N–H and O–H groups in total. The standard InChI is InChI=1S/C17H27NO5/c1-9(2)6-13(20)12-5-4-11(18-12)7-14-17(22)16(21)10(3)15(8-19)23-14/h5,9-10,14-17,19,21-22H,4,6-8H2,1-3H3. The number of rotatable bonds is 6. The number of aliphatic hydroxyl groups is 3. The van der Waals surface area contributed by atoms with E-state index < -0.39 is 24.4 Å². The molecule has 2 heterocycles. The zero-order chi connectivity index (χ0) is 17.1. The van der Waals surface area contributed by atoms with Crippen molar-refractivity contribution in [2.75, 3.05) is 6.61 Å². The van der Waals surface area contributed by atoms with Crippen LogP contribution in [0.4, 0.5) is 0 Å². The first-order chi connectivity index (χ1) is 10.8. The van der Waals surface area contributed by atoms with E-state index >= 15 is 0 Å². The Hall–Kier alpha value is -1.08. The molecule has 0 radical (unpaired) electrons. The van der Waals surface area contributed by atoms with E-state index in [0.29, 0.717) is 25.0 Å². The monoisotopic (exact) mass is 325 g/mol. The number of allylic oxidation sites excluding steroid dienone is 2. The first-order valence-electron chi connectivity index (χ1n) is 8.25. The Morgan fingerprint density at radius 2 is 2.04 bits per heavy atom. The highest BCUT2D eigenvalue weighted by atomic mass is 16.5. The van der Waals surface area contributed by atoms with Crippen LogP contribution in [0, 0.1) is 11.8 Å². The van der Waals surface area contributed by atoms with Gasteiger partial charge in [0.15, 0.2) is 5.78 Å². The average Bonchev–Trinajstić information content (AvgIpc) is 2.96. The molecule has 0 aromatic heterocycles. The van der Waals surface area contributed by atoms with Crippen molar-refractivity contribution in [1.82, 2.24) is 0 Å². The van der Waals surface area contributed by atoms with Crippen molar-refractivity contribution < 1.29 is 24.9 Å². The molecule has 6 heteroatoms. The van der Waals surface area contributed by atoms with Gasteiger partial charge >= 0.3 is 0 Å². The molecule has 0 aliphatic carbocycles. The summed E-state index contributed by atoms with van der Waals surface area (Å²) in [5, 5.41) is 29.6. The summed E-state index contributed by atoms with van der Waals surface area (Å²) < 4.78 is 5.70. The fourth-order valence-electron chi connectivity index (χ4n) is 3.05. The van der Waals surface area contributed by atoms with Gasteiger partial charge in [-0.3, -0.25) is 9.79 Å². The molecule has 1 fully saturated rings. The molecule has 2 aliphatic heterocycles. The summed E-state index contributed by atoms with van der Waals surface area (Å²) in [6.07, 6.45) is 0.0814. The number of aliphatic hydroxyl groups excluding tert-OH is 3. The fraction of sp³-hybridized carbons (Fsp3) is 0.765. The van der Waals surface area contributed by atoms with Crippen LogP contribution in [0.25, 0.3) is 0 Å². The van der Waals surface area contributed by atoms with E-state index in [9.17, 15) is 20.1 Å². The minimum absolute atomic E-state index is 0.0296. The molecule has 23 heavy (non-hydrogen) atoms. The van der Waals surface area contributed by atoms with E-state index in [1.54, 1.807) is 13.0 Å². The summed E-state index contributed by atoms with van der Waals surface area (Å²) >= 11 is 0. The molecular weight excluding hydrogens is 298 g/mol. The van der Waals surface area contributed by atoms with Crippen molar-refractivity contribution in [3.8, 4) is 0 Å². The second kappa shape index (κ2) is 7.66. The molecule has 2 aliphatic rings. The Balaban J connectivity index is 1.98. The minimum atomic E-state index is -1.02. The maximum atomic E-state index is 12.0. The van der Waals surface area contributed by atoms with Crippen LogP contribution in [0.5, 0.6) is 0 Å². The molecule has 0 aromatic rings. The van der Waals surface area contributed by atoms with Crippen LogP contribution in [-0.4, -0.2) is 57.8 Å². The van der Waals surface area contributed by atoms with Crippen LogP contribution in [-0.2, 0) is 9.53 Å². The Morgan fingerprint density at radius 1 is 1.35 bits per heavy atom. The molecule has 0 saturated carbocycles. The first-order valence-corrected chi connectivity index (χ1v) is 8.25. The van der Waals surface area contributed by atoms with Gasteiger partial charge in [-0.2, -0.15) is 0 Å². The van der Waals surface area contributed by atoms with Crippen molar-refractivity contribution in [2.24, 2.45) is 16.8 Å². The molecular formula is C17H27NO5. The zero-order valence-electron chi connectivity index (χ0n) is 14.0. The lowest BCUT2D eigenvalue weighted by Crippen LogP contribution is -2.54. The van der Waals surface area contributed by atoms with Crippen molar-refractivity contribution in [3.63, 3.8) is 0 Å². The van der Waals surface area contributed by atoms with E-state index in [1.807, 2.05) is 13.8 Å². The van der Waals surface area contributed by atoms with Crippen LogP contribution in [0.1, 0.15) is 40.0 Å². The largest absolute Gasteiger partial charge is 0.394 e. The summed E-state index contributed by atoms with van der Waals surface area (Å²) in [6, 6.07) is 0. The van der Waals surface area contributed by atoms with E-state index in [0.717, 1.165) is 5.71 Å². The van der Waals surface area contributed by atoms with E-state index in [2.05, 4.69) is 4.99 Å². The second-order valence-electron chi connectivity index (χ2n) is 6.93. The molecule has 0 spiro atoms. The third-order valence-electron chi connectivity index (χ3n) is 4.51. The van der Waals surface area contributed by atoms with Crippen LogP contribution < -0.4 is 0 Å². The highest BCUT2D eigenvalue weighted by Crippen LogP contribution is 2.29. The summed E-state index contributed by atoms with van der Waals surface area (Å²) in [5.41, 5.74) is 1.24. The predicted molar refractivity (Wildman–Crippen MR) is 86.1 cm³/mol. The Labute approximate surface area is 136 Å². The lowest BCUT2D eigenvalue weighted by molar-refractivity contribution is -0.201. The second-order valence-corrected chi connectivity index (χ2v) is 6.93. The summed E-state index contributed by atoms with van der Waals surface area (Å²) in [6.45, 7) is 5.51. The van der Waals surface area contributed by atoms with Crippen molar-refractivity contribution >= 4 is 11.5 Å². The van der Waals surface area contributed by atoms with Crippen LogP contribution in [0.15, 0.2) is 16.8 Å².